The van der Waals surface area contributed by atoms with Gasteiger partial charge in [0.05, 0.1) is 5.69 Å². The number of aromatic amines is 1. The van der Waals surface area contributed by atoms with Crippen molar-refractivity contribution < 1.29 is 4.42 Å². The van der Waals surface area contributed by atoms with Gasteiger partial charge in [-0.25, -0.2) is 0 Å². The van der Waals surface area contributed by atoms with Crippen LogP contribution in [0.3, 0.4) is 0 Å². The van der Waals surface area contributed by atoms with Crippen LogP contribution in [-0.2, 0) is 0 Å². The van der Waals surface area contributed by atoms with Crippen molar-refractivity contribution in [2.24, 2.45) is 0 Å². The van der Waals surface area contributed by atoms with Crippen molar-refractivity contribution in [2.45, 2.75) is 6.92 Å². The highest BCUT2D eigenvalue weighted by molar-refractivity contribution is 7.71. The molecular weight excluding hydrogens is 182 g/mol. The molecule has 1 aromatic carbocycles. The molecule has 13 heavy (non-hydrogen) atoms. The molecule has 0 atom stereocenters. The standard InChI is InChI=1S/C10H9NOS/c1-7-4-2-3-5-8(7)9-6-12-10(13)11-9/h2-6H,1H3,(H,11,13). The second-order valence-electron chi connectivity index (χ2n) is 2.88. The van der Waals surface area contributed by atoms with Gasteiger partial charge in [0.25, 0.3) is 4.84 Å². The Morgan fingerprint density at radius 1 is 1.31 bits per heavy atom. The molecule has 0 radical (unpaired) electrons. The number of aromatic nitrogens is 1. The lowest BCUT2D eigenvalue weighted by atomic mass is 10.1. The molecule has 0 spiro atoms. The Morgan fingerprint density at radius 3 is 2.69 bits per heavy atom. The average molecular weight is 191 g/mol. The lowest BCUT2D eigenvalue weighted by molar-refractivity contribution is 0.541. The van der Waals surface area contributed by atoms with Crippen molar-refractivity contribution in [3.05, 3.63) is 40.9 Å². The quantitative estimate of drug-likeness (QED) is 0.700. The second kappa shape index (κ2) is 3.18. The monoisotopic (exact) mass is 191 g/mol. The smallest absolute Gasteiger partial charge is 0.266 e. The Hall–Kier alpha value is -1.35. The number of hydrogen-bond donors (Lipinski definition) is 1. The highest BCUT2D eigenvalue weighted by Crippen LogP contribution is 2.20. The lowest BCUT2D eigenvalue weighted by Crippen LogP contribution is -1.81. The van der Waals surface area contributed by atoms with Crippen molar-refractivity contribution in [1.29, 1.82) is 0 Å². The summed E-state index contributed by atoms with van der Waals surface area (Å²) in [6, 6.07) is 8.09. The first-order chi connectivity index (χ1) is 6.27. The summed E-state index contributed by atoms with van der Waals surface area (Å²) in [6.07, 6.45) is 1.64. The van der Waals surface area contributed by atoms with Gasteiger partial charge in [-0.05, 0) is 24.7 Å². The van der Waals surface area contributed by atoms with Gasteiger partial charge in [-0.1, -0.05) is 24.3 Å². The van der Waals surface area contributed by atoms with Gasteiger partial charge in [0, 0.05) is 5.56 Å². The molecule has 3 heteroatoms. The first-order valence-electron chi connectivity index (χ1n) is 4.01. The maximum atomic E-state index is 5.03. The molecule has 1 aromatic heterocycles. The fourth-order valence-electron chi connectivity index (χ4n) is 1.29. The number of benzene rings is 1. The zero-order valence-corrected chi connectivity index (χ0v) is 8.02. The van der Waals surface area contributed by atoms with E-state index in [2.05, 4.69) is 18.0 Å². The molecule has 0 bridgehead atoms. The van der Waals surface area contributed by atoms with Gasteiger partial charge in [-0.3, -0.25) is 0 Å². The van der Waals surface area contributed by atoms with Crippen LogP contribution in [0, 0.1) is 11.8 Å². The van der Waals surface area contributed by atoms with E-state index in [0.717, 1.165) is 11.3 Å². The highest BCUT2D eigenvalue weighted by Gasteiger charge is 2.02. The summed E-state index contributed by atoms with van der Waals surface area (Å²) in [5, 5.41) is 0. The molecule has 2 nitrogen and oxygen atoms in total. The van der Waals surface area contributed by atoms with Gasteiger partial charge >= 0.3 is 0 Å². The zero-order chi connectivity index (χ0) is 9.26. The first kappa shape index (κ1) is 8.26. The van der Waals surface area contributed by atoms with Crippen LogP contribution < -0.4 is 0 Å². The lowest BCUT2D eigenvalue weighted by Gasteiger charge is -1.99. The average Bonchev–Trinajstić information content (AvgIpc) is 2.53. The minimum Gasteiger partial charge on any atom is -0.437 e. The molecule has 0 saturated carbocycles. The number of aryl methyl sites for hydroxylation is 1. The third kappa shape index (κ3) is 1.55. The number of H-pyrrole nitrogens is 1. The third-order valence-corrected chi connectivity index (χ3v) is 2.15. The van der Waals surface area contributed by atoms with Crippen LogP contribution in [-0.4, -0.2) is 4.98 Å². The molecule has 66 valence electrons. The number of hydrogen-bond acceptors (Lipinski definition) is 2. The first-order valence-corrected chi connectivity index (χ1v) is 4.42. The molecule has 0 amide bonds. The Labute approximate surface area is 81.2 Å². The van der Waals surface area contributed by atoms with E-state index in [0.29, 0.717) is 4.84 Å². The van der Waals surface area contributed by atoms with Crippen LogP contribution in [0.1, 0.15) is 5.56 Å². The summed E-state index contributed by atoms with van der Waals surface area (Å²) < 4.78 is 5.03. The Bertz CT molecular complexity index is 470. The van der Waals surface area contributed by atoms with Gasteiger partial charge in [0.2, 0.25) is 0 Å². The fourth-order valence-corrected chi connectivity index (χ4v) is 1.45. The Balaban J connectivity index is 2.58. The number of nitrogens with one attached hydrogen (secondary N) is 1. The summed E-state index contributed by atoms with van der Waals surface area (Å²) in [4.78, 5) is 3.40. The molecule has 0 aliphatic carbocycles. The van der Waals surface area contributed by atoms with Gasteiger partial charge in [-0.15, -0.1) is 0 Å². The van der Waals surface area contributed by atoms with E-state index in [4.69, 9.17) is 16.6 Å². The topological polar surface area (TPSA) is 28.9 Å². The molecule has 2 rings (SSSR count). The second-order valence-corrected chi connectivity index (χ2v) is 3.25. The predicted octanol–water partition coefficient (Wildman–Crippen LogP) is 3.31. The molecular formula is C10H9NOS. The fraction of sp³-hybridized carbons (Fsp3) is 0.100. The Kier molecular flexibility index (Phi) is 2.02. The summed E-state index contributed by atoms with van der Waals surface area (Å²) in [7, 11) is 0. The number of oxazole rings is 1. The maximum Gasteiger partial charge on any atom is 0.266 e. The van der Waals surface area contributed by atoms with Gasteiger partial charge in [0.1, 0.15) is 6.26 Å². The molecule has 0 unspecified atom stereocenters. The molecule has 1 heterocycles. The van der Waals surface area contributed by atoms with Crippen molar-refractivity contribution >= 4 is 12.2 Å². The van der Waals surface area contributed by atoms with Crippen LogP contribution in [0.15, 0.2) is 34.9 Å². The number of rotatable bonds is 1. The molecule has 2 aromatic rings. The molecule has 0 saturated heterocycles. The van der Waals surface area contributed by atoms with E-state index in [-0.39, 0.29) is 0 Å². The SMILES string of the molecule is Cc1ccccc1-c1coc(=S)[nH]1. The van der Waals surface area contributed by atoms with Crippen LogP contribution in [0.4, 0.5) is 0 Å². The minimum atomic E-state index is 0.415. The van der Waals surface area contributed by atoms with Crippen LogP contribution in [0.25, 0.3) is 11.3 Å². The van der Waals surface area contributed by atoms with Crippen LogP contribution in [0.5, 0.6) is 0 Å². The summed E-state index contributed by atoms with van der Waals surface area (Å²) in [5.74, 6) is 0. The normalized spacial score (nSPS) is 10.2. The van der Waals surface area contributed by atoms with Gasteiger partial charge in [-0.2, -0.15) is 0 Å². The van der Waals surface area contributed by atoms with Crippen molar-refractivity contribution in [3.63, 3.8) is 0 Å². The van der Waals surface area contributed by atoms with Crippen LogP contribution in [0.2, 0.25) is 0 Å². The molecule has 0 aliphatic rings. The van der Waals surface area contributed by atoms with Crippen molar-refractivity contribution in [3.8, 4) is 11.3 Å². The third-order valence-electron chi connectivity index (χ3n) is 1.96. The van der Waals surface area contributed by atoms with Gasteiger partial charge in [0.15, 0.2) is 0 Å². The van der Waals surface area contributed by atoms with E-state index in [1.807, 2.05) is 18.2 Å². The van der Waals surface area contributed by atoms with Crippen LogP contribution >= 0.6 is 12.2 Å². The van der Waals surface area contributed by atoms with E-state index < -0.39 is 0 Å². The largest absolute Gasteiger partial charge is 0.437 e. The predicted molar refractivity (Wildman–Crippen MR) is 54.1 cm³/mol. The van der Waals surface area contributed by atoms with E-state index in [1.165, 1.54) is 5.56 Å². The Morgan fingerprint density at radius 2 is 2.08 bits per heavy atom. The maximum absolute atomic E-state index is 5.03. The van der Waals surface area contributed by atoms with E-state index >= 15 is 0 Å². The summed E-state index contributed by atoms with van der Waals surface area (Å²) in [6.45, 7) is 2.05. The van der Waals surface area contributed by atoms with Crippen molar-refractivity contribution in [1.82, 2.24) is 4.98 Å². The molecule has 0 aliphatic heterocycles. The van der Waals surface area contributed by atoms with Gasteiger partial charge < -0.3 is 9.40 Å². The zero-order valence-electron chi connectivity index (χ0n) is 7.20. The summed E-state index contributed by atoms with van der Waals surface area (Å²) >= 11 is 4.85. The summed E-state index contributed by atoms with van der Waals surface area (Å²) in [5.41, 5.74) is 3.26. The van der Waals surface area contributed by atoms with Crippen molar-refractivity contribution in [2.75, 3.05) is 0 Å². The van der Waals surface area contributed by atoms with E-state index in [9.17, 15) is 0 Å². The molecule has 1 N–H and O–H groups in total. The van der Waals surface area contributed by atoms with E-state index in [1.54, 1.807) is 6.26 Å². The highest BCUT2D eigenvalue weighted by atomic mass is 32.1. The minimum absolute atomic E-state index is 0.415. The molecule has 0 fully saturated rings.